The van der Waals surface area contributed by atoms with Gasteiger partial charge in [-0.2, -0.15) is 0 Å². The van der Waals surface area contributed by atoms with E-state index in [0.717, 1.165) is 65.0 Å². The molecule has 3 aromatic rings. The molecule has 1 spiro atoms. The number of carbonyl (C=O) groups is 2. The van der Waals surface area contributed by atoms with Crippen LogP contribution in [0.1, 0.15) is 36.1 Å². The fourth-order valence-corrected chi connectivity index (χ4v) is 6.33. The zero-order valence-electron chi connectivity index (χ0n) is 21.2. The van der Waals surface area contributed by atoms with Gasteiger partial charge in [-0.05, 0) is 81.0 Å². The van der Waals surface area contributed by atoms with Gasteiger partial charge in [-0.15, -0.1) is 0 Å². The first-order valence-corrected chi connectivity index (χ1v) is 12.9. The summed E-state index contributed by atoms with van der Waals surface area (Å²) < 4.78 is 6.18. The minimum atomic E-state index is -0.594. The summed E-state index contributed by atoms with van der Waals surface area (Å²) in [5.74, 6) is -0.366. The van der Waals surface area contributed by atoms with Crippen molar-refractivity contribution in [3.05, 3.63) is 65.4 Å². The number of benzene rings is 2. The number of pyridine rings is 1. The molecule has 0 bridgehead atoms. The predicted molar refractivity (Wildman–Crippen MR) is 139 cm³/mol. The Morgan fingerprint density at radius 2 is 2.00 bits per heavy atom. The van der Waals surface area contributed by atoms with E-state index in [1.54, 1.807) is 4.90 Å². The van der Waals surface area contributed by atoms with Crippen LogP contribution in [0.4, 0.5) is 5.69 Å². The molecule has 2 amide bonds. The lowest BCUT2D eigenvalue weighted by atomic mass is 9.80. The topological polar surface area (TPSA) is 95.0 Å². The Morgan fingerprint density at radius 1 is 1.19 bits per heavy atom. The molecular formula is C29H32N4O4. The van der Waals surface area contributed by atoms with Crippen molar-refractivity contribution in [3.8, 4) is 5.75 Å². The van der Waals surface area contributed by atoms with E-state index >= 15 is 0 Å². The molecule has 192 valence electrons. The predicted octanol–water partition coefficient (Wildman–Crippen LogP) is 3.62. The maximum Gasteiger partial charge on any atom is 0.248 e. The number of piperidine rings is 1. The summed E-state index contributed by atoms with van der Waals surface area (Å²) in [6, 6.07) is 15.4. The summed E-state index contributed by atoms with van der Waals surface area (Å²) >= 11 is 0. The lowest BCUT2D eigenvalue weighted by Gasteiger charge is -2.42. The highest BCUT2D eigenvalue weighted by atomic mass is 16.5. The Hall–Kier alpha value is -3.49. The van der Waals surface area contributed by atoms with E-state index in [2.05, 4.69) is 17.1 Å². The minimum Gasteiger partial charge on any atom is -0.489 e. The van der Waals surface area contributed by atoms with E-state index in [-0.39, 0.29) is 11.3 Å². The number of carbonyl (C=O) groups excluding carboxylic acids is 2. The first kappa shape index (κ1) is 23.9. The third-order valence-electron chi connectivity index (χ3n) is 8.29. The first-order chi connectivity index (χ1) is 17.9. The molecule has 1 saturated carbocycles. The molecule has 1 aliphatic carbocycles. The number of likely N-dealkylation sites (N-methyl/N-ethyl adjacent to an activating group) is 1. The van der Waals surface area contributed by atoms with Crippen molar-refractivity contribution < 1.29 is 19.5 Å². The number of para-hydroxylation sites is 1. The van der Waals surface area contributed by atoms with Gasteiger partial charge in [0, 0.05) is 35.4 Å². The lowest BCUT2D eigenvalue weighted by Crippen LogP contribution is -2.59. The zero-order chi connectivity index (χ0) is 25.7. The van der Waals surface area contributed by atoms with Crippen molar-refractivity contribution in [2.24, 2.45) is 11.3 Å². The van der Waals surface area contributed by atoms with E-state index in [4.69, 9.17) is 4.74 Å². The molecule has 2 N–H and O–H groups in total. The molecule has 3 heterocycles. The van der Waals surface area contributed by atoms with Crippen LogP contribution in [0.5, 0.6) is 5.75 Å². The maximum atomic E-state index is 13.8. The van der Waals surface area contributed by atoms with E-state index < -0.39 is 17.9 Å². The maximum absolute atomic E-state index is 13.8. The van der Waals surface area contributed by atoms with Crippen LogP contribution < -0.4 is 15.1 Å². The van der Waals surface area contributed by atoms with Crippen LogP contribution in [0.25, 0.3) is 10.9 Å². The second kappa shape index (κ2) is 9.11. The van der Waals surface area contributed by atoms with Gasteiger partial charge in [-0.25, -0.2) is 5.48 Å². The second-order valence-corrected chi connectivity index (χ2v) is 10.9. The van der Waals surface area contributed by atoms with Crippen LogP contribution in [0.2, 0.25) is 0 Å². The van der Waals surface area contributed by atoms with Gasteiger partial charge < -0.3 is 9.64 Å². The Bertz CT molecular complexity index is 1390. The van der Waals surface area contributed by atoms with Crippen LogP contribution in [0.3, 0.4) is 0 Å². The summed E-state index contributed by atoms with van der Waals surface area (Å²) in [6.45, 7) is 3.78. The Kier molecular flexibility index (Phi) is 5.88. The molecule has 8 heteroatoms. The number of rotatable bonds is 5. The number of hydroxylamine groups is 1. The summed E-state index contributed by atoms with van der Waals surface area (Å²) in [7, 11) is 1.91. The highest BCUT2D eigenvalue weighted by molar-refractivity contribution is 6.02. The highest BCUT2D eigenvalue weighted by Crippen LogP contribution is 2.54. The van der Waals surface area contributed by atoms with Crippen molar-refractivity contribution in [2.75, 3.05) is 25.0 Å². The van der Waals surface area contributed by atoms with Gasteiger partial charge in [0.1, 0.15) is 18.4 Å². The van der Waals surface area contributed by atoms with Crippen LogP contribution in [-0.4, -0.2) is 53.1 Å². The number of nitrogens with one attached hydrogen (secondary N) is 1. The molecule has 1 aromatic heterocycles. The summed E-state index contributed by atoms with van der Waals surface area (Å²) in [5.41, 5.74) is 6.83. The number of ether oxygens (including phenoxy) is 1. The first-order valence-electron chi connectivity index (χ1n) is 12.9. The quantitative estimate of drug-likeness (QED) is 0.411. The van der Waals surface area contributed by atoms with Gasteiger partial charge >= 0.3 is 0 Å². The van der Waals surface area contributed by atoms with Crippen LogP contribution >= 0.6 is 0 Å². The molecule has 1 saturated heterocycles. The molecule has 0 unspecified atom stereocenters. The van der Waals surface area contributed by atoms with Gasteiger partial charge in [0.25, 0.3) is 0 Å². The molecule has 37 heavy (non-hydrogen) atoms. The monoisotopic (exact) mass is 500 g/mol. The average molecular weight is 501 g/mol. The van der Waals surface area contributed by atoms with Gasteiger partial charge in [0.2, 0.25) is 11.8 Å². The number of hydrogen-bond donors (Lipinski definition) is 2. The van der Waals surface area contributed by atoms with E-state index in [1.807, 2.05) is 60.7 Å². The van der Waals surface area contributed by atoms with Crippen molar-refractivity contribution >= 4 is 28.4 Å². The fraction of sp³-hybridized carbons (Fsp3) is 0.414. The Balaban J connectivity index is 1.20. The molecule has 3 aliphatic rings. The Morgan fingerprint density at radius 3 is 2.78 bits per heavy atom. The standard InChI is InChI=1S/C29H32N4O4/c1-18-13-20(22-5-3-4-6-24(22)30-18)16-37-21-7-8-25-19(14-21)9-12-33(25)28(35)26-23(27(34)31-36)15-29(10-11-29)17-32(26)2/h3-8,13-14,23,26,36H,9-12,15-17H2,1-2H3,(H,31,34)/t23-,26-/m0/s1. The van der Waals surface area contributed by atoms with Gasteiger partial charge in [0.05, 0.1) is 11.4 Å². The van der Waals surface area contributed by atoms with Crippen LogP contribution in [-0.2, 0) is 22.6 Å². The van der Waals surface area contributed by atoms with Crippen molar-refractivity contribution in [3.63, 3.8) is 0 Å². The number of anilines is 1. The minimum absolute atomic E-state index is 0.0854. The molecule has 6 rings (SSSR count). The molecule has 2 aromatic carbocycles. The molecular weight excluding hydrogens is 468 g/mol. The van der Waals surface area contributed by atoms with E-state index in [1.165, 1.54) is 0 Å². The summed E-state index contributed by atoms with van der Waals surface area (Å²) in [5, 5.41) is 10.4. The van der Waals surface area contributed by atoms with Crippen LogP contribution in [0, 0.1) is 18.3 Å². The smallest absolute Gasteiger partial charge is 0.248 e. The molecule has 2 atom stereocenters. The fourth-order valence-electron chi connectivity index (χ4n) is 6.33. The number of aryl methyl sites for hydroxylation is 1. The van der Waals surface area contributed by atoms with Crippen LogP contribution in [0.15, 0.2) is 48.5 Å². The van der Waals surface area contributed by atoms with Crippen molar-refractivity contribution in [1.82, 2.24) is 15.4 Å². The number of amides is 2. The van der Waals surface area contributed by atoms with Gasteiger partial charge in [-0.3, -0.25) is 24.7 Å². The summed E-state index contributed by atoms with van der Waals surface area (Å²) in [6.07, 6.45) is 3.50. The average Bonchev–Trinajstić information content (AvgIpc) is 3.49. The number of hydrogen-bond acceptors (Lipinski definition) is 6. The van der Waals surface area contributed by atoms with E-state index in [0.29, 0.717) is 19.6 Å². The Labute approximate surface area is 216 Å². The SMILES string of the molecule is Cc1cc(COc2ccc3c(c2)CCN3C(=O)[C@@H]2[C@@H](C(=O)NO)CC3(CC3)CN2C)c2ccccc2n1. The number of likely N-dealkylation sites (tertiary alicyclic amines) is 1. The third-order valence-corrected chi connectivity index (χ3v) is 8.29. The van der Waals surface area contributed by atoms with Crippen molar-refractivity contribution in [1.29, 1.82) is 0 Å². The third kappa shape index (κ3) is 4.34. The molecule has 2 fully saturated rings. The van der Waals surface area contributed by atoms with Crippen molar-refractivity contribution in [2.45, 2.75) is 45.3 Å². The number of aromatic nitrogens is 1. The van der Waals surface area contributed by atoms with Gasteiger partial charge in [-0.1, -0.05) is 18.2 Å². The zero-order valence-corrected chi connectivity index (χ0v) is 21.2. The molecule has 0 radical (unpaired) electrons. The van der Waals surface area contributed by atoms with Gasteiger partial charge in [0.15, 0.2) is 0 Å². The second-order valence-electron chi connectivity index (χ2n) is 10.9. The van der Waals surface area contributed by atoms with E-state index in [9.17, 15) is 14.8 Å². The summed E-state index contributed by atoms with van der Waals surface area (Å²) in [4.78, 5) is 34.7. The normalized spacial score (nSPS) is 22.2. The lowest BCUT2D eigenvalue weighted by molar-refractivity contribution is -0.144. The number of nitrogens with zero attached hydrogens (tertiary/aromatic N) is 3. The largest absolute Gasteiger partial charge is 0.489 e. The highest BCUT2D eigenvalue weighted by Gasteiger charge is 2.55. The molecule has 2 aliphatic heterocycles. The molecule has 8 nitrogen and oxygen atoms in total. The number of fused-ring (bicyclic) bond motifs is 2.